The molecule has 0 aliphatic heterocycles. The van der Waals surface area contributed by atoms with Crippen LogP contribution in [-0.2, 0) is 6.54 Å². The van der Waals surface area contributed by atoms with Gasteiger partial charge < -0.3 is 12.4 Å². The first-order valence-corrected chi connectivity index (χ1v) is 10.9. The van der Waals surface area contributed by atoms with Gasteiger partial charge in [0.2, 0.25) is 4.05 Å². The second kappa shape index (κ2) is 14.9. The largest absolute Gasteiger partial charge is 1.00 e. The van der Waals surface area contributed by atoms with Gasteiger partial charge in [0.1, 0.15) is 6.54 Å². The number of hydrogen-bond acceptors (Lipinski definition) is 0. The van der Waals surface area contributed by atoms with Crippen LogP contribution in [0.3, 0.4) is 0 Å². The van der Waals surface area contributed by atoms with E-state index >= 15 is 0 Å². The van der Waals surface area contributed by atoms with Crippen LogP contribution in [-0.4, -0.2) is 21.6 Å². The molecule has 1 unspecified atom stereocenters. The maximum atomic E-state index is 5.90. The third-order valence-corrected chi connectivity index (χ3v) is 6.41. The maximum Gasteiger partial charge on any atom is 0.200 e. The van der Waals surface area contributed by atoms with Crippen molar-refractivity contribution >= 4 is 22.6 Å². The van der Waals surface area contributed by atoms with Gasteiger partial charge in [0.15, 0.2) is 0 Å². The Morgan fingerprint density at radius 1 is 0.920 bits per heavy atom. The number of halogens is 2. The Labute approximate surface area is 176 Å². The first kappa shape index (κ1) is 24.8. The van der Waals surface area contributed by atoms with Gasteiger partial charge in [-0.3, -0.25) is 4.48 Å². The van der Waals surface area contributed by atoms with Gasteiger partial charge in [-0.25, -0.2) is 0 Å². The first-order valence-electron chi connectivity index (χ1n) is 9.68. The van der Waals surface area contributed by atoms with E-state index in [9.17, 15) is 0 Å². The van der Waals surface area contributed by atoms with Gasteiger partial charge in [0.05, 0.1) is 13.1 Å². The van der Waals surface area contributed by atoms with Crippen LogP contribution in [0, 0.1) is 12.3 Å². The Bertz CT molecular complexity index is 457. The number of hydrogen-bond donors (Lipinski definition) is 0. The van der Waals surface area contributed by atoms with Crippen molar-refractivity contribution in [1.29, 1.82) is 0 Å². The fourth-order valence-electron chi connectivity index (χ4n) is 3.39. The van der Waals surface area contributed by atoms with Crippen molar-refractivity contribution in [3.05, 3.63) is 35.9 Å². The minimum Gasteiger partial charge on any atom is -1.00 e. The number of benzene rings is 1. The van der Waals surface area contributed by atoms with E-state index in [1.54, 1.807) is 0 Å². The van der Waals surface area contributed by atoms with Gasteiger partial charge in [0.25, 0.3) is 0 Å². The molecule has 0 bridgehead atoms. The molecule has 142 valence electrons. The number of quaternary nitrogens is 1. The highest BCUT2D eigenvalue weighted by atomic mass is 127. The van der Waals surface area contributed by atoms with Gasteiger partial charge in [-0.2, -0.15) is 0 Å². The van der Waals surface area contributed by atoms with Crippen LogP contribution in [0.1, 0.15) is 70.8 Å². The summed E-state index contributed by atoms with van der Waals surface area (Å²) in [5.74, 6) is 3.07. The van der Waals surface area contributed by atoms with Crippen LogP contribution in [0.15, 0.2) is 30.3 Å². The molecule has 1 aromatic carbocycles. The Hall–Kier alpha value is -0.240. The topological polar surface area (TPSA) is 0 Å². The average Bonchev–Trinajstić information content (AvgIpc) is 2.62. The van der Waals surface area contributed by atoms with E-state index in [0.29, 0.717) is 0 Å². The van der Waals surface area contributed by atoms with Gasteiger partial charge in [-0.15, -0.1) is 6.42 Å². The van der Waals surface area contributed by atoms with Crippen molar-refractivity contribution in [2.24, 2.45) is 0 Å². The summed E-state index contributed by atoms with van der Waals surface area (Å²) in [6.07, 6.45) is 16.4. The van der Waals surface area contributed by atoms with Crippen molar-refractivity contribution in [1.82, 2.24) is 0 Å². The third kappa shape index (κ3) is 9.31. The molecule has 0 amide bonds. The van der Waals surface area contributed by atoms with Crippen molar-refractivity contribution in [3.8, 4) is 12.3 Å². The van der Waals surface area contributed by atoms with Crippen LogP contribution in [0.2, 0.25) is 0 Å². The van der Waals surface area contributed by atoms with Gasteiger partial charge >= 0.3 is 0 Å². The van der Waals surface area contributed by atoms with Gasteiger partial charge in [-0.05, 0) is 31.6 Å². The molecule has 3 heteroatoms. The summed E-state index contributed by atoms with van der Waals surface area (Å²) >= 11 is 2.51. The van der Waals surface area contributed by atoms with Crippen LogP contribution < -0.4 is 12.4 Å². The maximum absolute atomic E-state index is 5.90. The van der Waals surface area contributed by atoms with Crippen molar-refractivity contribution in [2.45, 2.75) is 75.8 Å². The molecule has 0 aliphatic carbocycles. The zero-order valence-electron chi connectivity index (χ0n) is 16.0. The molecule has 0 aromatic heterocycles. The highest BCUT2D eigenvalue weighted by Gasteiger charge is 2.33. The molecular formula is C22H35ClIN. The minimum absolute atomic E-state index is 0. The number of terminal acetylenes is 1. The quantitative estimate of drug-likeness (QED) is 0.102. The molecule has 0 saturated heterocycles. The molecular weight excluding hydrogens is 441 g/mol. The summed E-state index contributed by atoms with van der Waals surface area (Å²) < 4.78 is 1.31. The van der Waals surface area contributed by atoms with E-state index in [-0.39, 0.29) is 16.5 Å². The van der Waals surface area contributed by atoms with E-state index in [4.69, 9.17) is 6.42 Å². The molecule has 0 radical (unpaired) electrons. The fourth-order valence-corrected chi connectivity index (χ4v) is 4.14. The molecule has 1 atom stereocenters. The summed E-state index contributed by atoms with van der Waals surface area (Å²) in [4.78, 5) is 0. The summed E-state index contributed by atoms with van der Waals surface area (Å²) in [7, 11) is 0. The normalized spacial score (nSPS) is 12.2. The van der Waals surface area contributed by atoms with E-state index in [0.717, 1.165) is 11.0 Å². The molecule has 1 rings (SSSR count). The Morgan fingerprint density at radius 2 is 1.44 bits per heavy atom. The van der Waals surface area contributed by atoms with Crippen LogP contribution in [0.25, 0.3) is 0 Å². The van der Waals surface area contributed by atoms with Gasteiger partial charge in [-0.1, -0.05) is 69.9 Å². The molecule has 0 heterocycles. The van der Waals surface area contributed by atoms with Gasteiger partial charge in [0, 0.05) is 28.2 Å². The van der Waals surface area contributed by atoms with Crippen LogP contribution in [0.4, 0.5) is 0 Å². The SMILES string of the molecule is C#CC(I)[N+](CCCCCC)(CCCCCC)Cc1ccccc1.[Cl-]. The lowest BCUT2D eigenvalue weighted by atomic mass is 10.1. The van der Waals surface area contributed by atoms with Crippen molar-refractivity contribution < 1.29 is 16.9 Å². The Balaban J connectivity index is 0.00000576. The molecule has 0 aliphatic rings. The fraction of sp³-hybridized carbons (Fsp3) is 0.636. The second-order valence-corrected chi connectivity index (χ2v) is 8.11. The summed E-state index contributed by atoms with van der Waals surface area (Å²) in [5.41, 5.74) is 1.42. The Morgan fingerprint density at radius 3 is 1.88 bits per heavy atom. The Kier molecular flexibility index (Phi) is 14.7. The van der Waals surface area contributed by atoms with Crippen molar-refractivity contribution in [3.63, 3.8) is 0 Å². The number of alkyl halides is 1. The molecule has 1 nitrogen and oxygen atoms in total. The smallest absolute Gasteiger partial charge is 0.200 e. The van der Waals surface area contributed by atoms with Crippen LogP contribution in [0.5, 0.6) is 0 Å². The van der Waals surface area contributed by atoms with E-state index in [1.807, 2.05) is 0 Å². The number of rotatable bonds is 13. The van der Waals surface area contributed by atoms with E-state index < -0.39 is 0 Å². The van der Waals surface area contributed by atoms with E-state index in [2.05, 4.69) is 72.7 Å². The van der Waals surface area contributed by atoms with E-state index in [1.165, 1.54) is 70.0 Å². The minimum atomic E-state index is 0. The number of nitrogens with zero attached hydrogens (tertiary/aromatic N) is 1. The molecule has 0 N–H and O–H groups in total. The lowest BCUT2D eigenvalue weighted by Gasteiger charge is -2.41. The zero-order chi connectivity index (χ0) is 17.7. The monoisotopic (exact) mass is 475 g/mol. The highest BCUT2D eigenvalue weighted by Crippen LogP contribution is 2.27. The summed E-state index contributed by atoms with van der Waals surface area (Å²) in [5, 5.41) is 0. The molecule has 25 heavy (non-hydrogen) atoms. The lowest BCUT2D eigenvalue weighted by molar-refractivity contribution is -0.940. The summed E-state index contributed by atoms with van der Waals surface area (Å²) in [6, 6.07) is 10.9. The molecule has 1 aromatic rings. The third-order valence-electron chi connectivity index (χ3n) is 4.87. The van der Waals surface area contributed by atoms with Crippen LogP contribution >= 0.6 is 22.6 Å². The lowest BCUT2D eigenvalue weighted by Crippen LogP contribution is -3.00. The first-order chi connectivity index (χ1) is 11.7. The summed E-state index contributed by atoms with van der Waals surface area (Å²) in [6.45, 7) is 8.04. The number of unbranched alkanes of at least 4 members (excludes halogenated alkanes) is 6. The second-order valence-electron chi connectivity index (χ2n) is 6.93. The van der Waals surface area contributed by atoms with Crippen molar-refractivity contribution in [2.75, 3.05) is 13.1 Å². The average molecular weight is 476 g/mol. The molecule has 0 fully saturated rings. The zero-order valence-corrected chi connectivity index (χ0v) is 18.9. The molecule has 0 saturated carbocycles. The molecule has 0 spiro atoms. The predicted octanol–water partition coefficient (Wildman–Crippen LogP) is 3.56. The standard InChI is InChI=1S/C22H35IN.ClH/c1-4-7-9-14-18-24(22(23)6-3,19-15-10-8-5-2)20-21-16-12-11-13-17-21;/h3,11-13,16-17,22H,4-5,7-10,14-15,18-20H2,1-2H3;1H/q+1;/p-1. The predicted molar refractivity (Wildman–Crippen MR) is 115 cm³/mol. The highest BCUT2D eigenvalue weighted by molar-refractivity contribution is 14.1.